The van der Waals surface area contributed by atoms with Gasteiger partial charge in [-0.1, -0.05) is 23.4 Å². The van der Waals surface area contributed by atoms with Crippen molar-refractivity contribution >= 4 is 17.3 Å². The molecule has 27 heavy (non-hydrogen) atoms. The van der Waals surface area contributed by atoms with Crippen molar-refractivity contribution in [3.63, 3.8) is 0 Å². The lowest BCUT2D eigenvalue weighted by Crippen LogP contribution is -2.05. The molecule has 0 saturated carbocycles. The third-order valence-electron chi connectivity index (χ3n) is 3.84. The van der Waals surface area contributed by atoms with Crippen LogP contribution in [0.2, 0.25) is 0 Å². The molecule has 0 aliphatic carbocycles. The highest BCUT2D eigenvalue weighted by Crippen LogP contribution is 2.25. The van der Waals surface area contributed by atoms with Crippen molar-refractivity contribution < 1.29 is 18.8 Å². The minimum atomic E-state index is -0.528. The van der Waals surface area contributed by atoms with Gasteiger partial charge < -0.3 is 14.0 Å². The van der Waals surface area contributed by atoms with Gasteiger partial charge in [-0.2, -0.15) is 5.10 Å². The van der Waals surface area contributed by atoms with Crippen LogP contribution in [0, 0.1) is 0 Å². The first-order valence-electron chi connectivity index (χ1n) is 8.09. The Kier molecular flexibility index (Phi) is 4.71. The lowest BCUT2D eigenvalue weighted by molar-refractivity contribution is 0.0457. The monoisotopic (exact) mass is 381 g/mol. The molecule has 0 spiro atoms. The molecule has 136 valence electrons. The van der Waals surface area contributed by atoms with E-state index in [0.717, 1.165) is 21.9 Å². The van der Waals surface area contributed by atoms with E-state index in [0.29, 0.717) is 11.5 Å². The number of esters is 1. The largest absolute Gasteiger partial charge is 0.497 e. The molecule has 1 N–H and O–H groups in total. The Morgan fingerprint density at radius 3 is 2.96 bits per heavy atom. The number of rotatable bonds is 6. The Morgan fingerprint density at radius 1 is 1.22 bits per heavy atom. The number of thiophene rings is 1. The van der Waals surface area contributed by atoms with Crippen LogP contribution in [-0.2, 0) is 11.3 Å². The maximum atomic E-state index is 12.2. The van der Waals surface area contributed by atoms with Crippen molar-refractivity contribution in [2.75, 3.05) is 7.11 Å². The fraction of sp³-hybridized carbons (Fsp3) is 0.105. The first-order valence-corrected chi connectivity index (χ1v) is 8.97. The van der Waals surface area contributed by atoms with Gasteiger partial charge in [-0.05, 0) is 29.6 Å². The summed E-state index contributed by atoms with van der Waals surface area (Å²) in [6.45, 7) is -0.00645. The molecule has 4 aromatic rings. The van der Waals surface area contributed by atoms with E-state index in [1.165, 1.54) is 0 Å². The summed E-state index contributed by atoms with van der Waals surface area (Å²) in [4.78, 5) is 13.2. The van der Waals surface area contributed by atoms with Crippen LogP contribution in [0.25, 0.3) is 21.9 Å². The number of aromatic nitrogens is 3. The molecule has 0 fully saturated rings. The molecule has 7 nitrogen and oxygen atoms in total. The predicted octanol–water partition coefficient (Wildman–Crippen LogP) is 4.16. The molecule has 0 bridgehead atoms. The summed E-state index contributed by atoms with van der Waals surface area (Å²) in [6.07, 6.45) is 0. The highest BCUT2D eigenvalue weighted by Gasteiger charge is 2.15. The maximum absolute atomic E-state index is 12.2. The first kappa shape index (κ1) is 17.0. The average Bonchev–Trinajstić information content (AvgIpc) is 3.47. The molecule has 3 heterocycles. The van der Waals surface area contributed by atoms with E-state index in [2.05, 4.69) is 15.4 Å². The Morgan fingerprint density at radius 2 is 2.15 bits per heavy atom. The third kappa shape index (κ3) is 3.75. The van der Waals surface area contributed by atoms with Gasteiger partial charge in [-0.25, -0.2) is 4.79 Å². The van der Waals surface area contributed by atoms with Crippen LogP contribution in [-0.4, -0.2) is 28.4 Å². The molecule has 4 rings (SSSR count). The molecule has 0 aliphatic rings. The standard InChI is InChI=1S/C19H15N3O4S/c1-24-14-5-2-4-12(8-14)17-9-13(22-26-17)11-25-19(23)16-10-15(20-21-16)18-6-3-7-27-18/h2-10H,11H2,1H3,(H,20,21). The van der Waals surface area contributed by atoms with Crippen LogP contribution < -0.4 is 4.74 Å². The first-order chi connectivity index (χ1) is 13.2. The smallest absolute Gasteiger partial charge is 0.359 e. The topological polar surface area (TPSA) is 90.2 Å². The molecule has 0 unspecified atom stereocenters. The average molecular weight is 381 g/mol. The fourth-order valence-corrected chi connectivity index (χ4v) is 3.18. The third-order valence-corrected chi connectivity index (χ3v) is 4.74. The van der Waals surface area contributed by atoms with E-state index in [-0.39, 0.29) is 12.3 Å². The van der Waals surface area contributed by atoms with Crippen molar-refractivity contribution in [3.8, 4) is 27.6 Å². The minimum absolute atomic E-state index is 0.00645. The number of hydrogen-bond donors (Lipinski definition) is 1. The molecule has 0 aliphatic heterocycles. The zero-order valence-electron chi connectivity index (χ0n) is 14.3. The van der Waals surface area contributed by atoms with Gasteiger partial charge >= 0.3 is 5.97 Å². The molecule has 1 aromatic carbocycles. The summed E-state index contributed by atoms with van der Waals surface area (Å²) in [5, 5.41) is 12.7. The summed E-state index contributed by atoms with van der Waals surface area (Å²) in [5.74, 6) is 0.761. The molecule has 0 amide bonds. The number of carbonyl (C=O) groups excluding carboxylic acids is 1. The van der Waals surface area contributed by atoms with Crippen LogP contribution in [0.4, 0.5) is 0 Å². The van der Waals surface area contributed by atoms with Crippen LogP contribution in [0.5, 0.6) is 5.75 Å². The Bertz CT molecular complexity index is 1050. The van der Waals surface area contributed by atoms with Gasteiger partial charge in [0.05, 0.1) is 17.7 Å². The zero-order chi connectivity index (χ0) is 18.6. The number of H-pyrrole nitrogens is 1. The summed E-state index contributed by atoms with van der Waals surface area (Å²) in [7, 11) is 1.60. The molecular formula is C19H15N3O4S. The molecular weight excluding hydrogens is 366 g/mol. The highest BCUT2D eigenvalue weighted by molar-refractivity contribution is 7.13. The number of ether oxygens (including phenoxy) is 2. The SMILES string of the molecule is COc1cccc(-c2cc(COC(=O)c3cc(-c4cccs4)[nH]n3)no2)c1. The van der Waals surface area contributed by atoms with E-state index >= 15 is 0 Å². The number of aromatic amines is 1. The van der Waals surface area contributed by atoms with E-state index < -0.39 is 5.97 Å². The van der Waals surface area contributed by atoms with Gasteiger partial charge in [0.2, 0.25) is 0 Å². The Hall–Kier alpha value is -3.39. The van der Waals surface area contributed by atoms with Gasteiger partial charge in [0.25, 0.3) is 0 Å². The van der Waals surface area contributed by atoms with Gasteiger partial charge in [0.15, 0.2) is 11.5 Å². The highest BCUT2D eigenvalue weighted by atomic mass is 32.1. The van der Waals surface area contributed by atoms with Gasteiger partial charge in [0.1, 0.15) is 18.1 Å². The zero-order valence-corrected chi connectivity index (χ0v) is 15.2. The quantitative estimate of drug-likeness (QED) is 0.505. The number of methoxy groups -OCH3 is 1. The van der Waals surface area contributed by atoms with Crippen LogP contribution >= 0.6 is 11.3 Å². The van der Waals surface area contributed by atoms with E-state index in [1.807, 2.05) is 41.8 Å². The summed E-state index contributed by atoms with van der Waals surface area (Å²) in [5.41, 5.74) is 2.33. The van der Waals surface area contributed by atoms with E-state index in [4.69, 9.17) is 14.0 Å². The molecule has 0 radical (unpaired) electrons. The number of benzene rings is 1. The lowest BCUT2D eigenvalue weighted by Gasteiger charge is -2.00. The Labute approximate surface area is 158 Å². The minimum Gasteiger partial charge on any atom is -0.497 e. The lowest BCUT2D eigenvalue weighted by atomic mass is 10.1. The van der Waals surface area contributed by atoms with E-state index in [1.54, 1.807) is 30.6 Å². The van der Waals surface area contributed by atoms with Crippen LogP contribution in [0.1, 0.15) is 16.2 Å². The second kappa shape index (κ2) is 7.46. The van der Waals surface area contributed by atoms with Crippen LogP contribution in [0.3, 0.4) is 0 Å². The molecule has 8 heteroatoms. The number of nitrogens with one attached hydrogen (secondary N) is 1. The second-order valence-corrected chi connectivity index (χ2v) is 6.58. The van der Waals surface area contributed by atoms with Crippen molar-refractivity contribution in [1.29, 1.82) is 0 Å². The Balaban J connectivity index is 1.40. The summed E-state index contributed by atoms with van der Waals surface area (Å²) >= 11 is 1.56. The van der Waals surface area contributed by atoms with Crippen molar-refractivity contribution in [2.45, 2.75) is 6.61 Å². The van der Waals surface area contributed by atoms with Crippen molar-refractivity contribution in [3.05, 3.63) is 65.3 Å². The predicted molar refractivity (Wildman–Crippen MR) is 99.5 cm³/mol. The van der Waals surface area contributed by atoms with Crippen molar-refractivity contribution in [1.82, 2.24) is 15.4 Å². The normalized spacial score (nSPS) is 10.7. The summed E-state index contributed by atoms with van der Waals surface area (Å²) < 4.78 is 15.8. The maximum Gasteiger partial charge on any atom is 0.359 e. The summed E-state index contributed by atoms with van der Waals surface area (Å²) in [6, 6.07) is 14.7. The number of nitrogens with zero attached hydrogens (tertiary/aromatic N) is 2. The molecule has 3 aromatic heterocycles. The van der Waals surface area contributed by atoms with Gasteiger partial charge in [0, 0.05) is 11.6 Å². The van der Waals surface area contributed by atoms with Crippen molar-refractivity contribution in [2.24, 2.45) is 0 Å². The van der Waals surface area contributed by atoms with Gasteiger partial charge in [-0.3, -0.25) is 5.10 Å². The van der Waals surface area contributed by atoms with Crippen LogP contribution in [0.15, 0.2) is 58.4 Å². The van der Waals surface area contributed by atoms with E-state index in [9.17, 15) is 4.79 Å². The number of carbonyl (C=O) groups is 1. The number of hydrogen-bond acceptors (Lipinski definition) is 7. The second-order valence-electron chi connectivity index (χ2n) is 5.63. The molecule has 0 atom stereocenters. The molecule has 0 saturated heterocycles. The van der Waals surface area contributed by atoms with Gasteiger partial charge in [-0.15, -0.1) is 11.3 Å². The fourth-order valence-electron chi connectivity index (χ4n) is 2.49.